The molecule has 0 saturated heterocycles. The van der Waals surface area contributed by atoms with Crippen molar-refractivity contribution < 1.29 is 0 Å². The Morgan fingerprint density at radius 1 is 0.213 bits per heavy atom. The summed E-state index contributed by atoms with van der Waals surface area (Å²) in [5.74, 6) is 0. The largest absolute Gasteiger partial charge is 0.309 e. The van der Waals surface area contributed by atoms with E-state index in [1.165, 1.54) is 82.4 Å². The van der Waals surface area contributed by atoms with Gasteiger partial charge in [-0.15, -0.1) is 0 Å². The average Bonchev–Trinajstić information content (AvgIpc) is 3.34. The molecule has 11 aromatic carbocycles. The van der Waals surface area contributed by atoms with Crippen LogP contribution in [0.1, 0.15) is 0 Å². The third kappa shape index (κ3) is 6.63. The second kappa shape index (κ2) is 15.6. The zero-order chi connectivity index (χ0) is 40.5. The molecule has 0 atom stereocenters. The first-order valence-corrected chi connectivity index (χ1v) is 21.0. The van der Waals surface area contributed by atoms with Crippen LogP contribution >= 0.6 is 0 Å². The van der Waals surface area contributed by atoms with E-state index in [9.17, 15) is 0 Å². The lowest BCUT2D eigenvalue weighted by Gasteiger charge is -2.30. The number of rotatable bonds is 8. The van der Waals surface area contributed by atoms with Crippen LogP contribution in [0.25, 0.3) is 88.0 Å². The highest BCUT2D eigenvalue weighted by atomic mass is 15.1. The average molecular weight is 776 g/mol. The molecule has 0 bridgehead atoms. The summed E-state index contributed by atoms with van der Waals surface area (Å²) in [4.78, 5) is 2.46. The normalized spacial score (nSPS) is 11.3. The first kappa shape index (κ1) is 36.1. The molecule has 0 spiro atoms. The van der Waals surface area contributed by atoms with Crippen molar-refractivity contribution in [1.82, 2.24) is 0 Å². The van der Waals surface area contributed by atoms with Gasteiger partial charge >= 0.3 is 0 Å². The first-order chi connectivity index (χ1) is 30.3. The molecule has 0 unspecified atom stereocenters. The Balaban J connectivity index is 1.08. The minimum absolute atomic E-state index is 1.08. The lowest BCUT2D eigenvalue weighted by molar-refractivity contribution is 1.29. The van der Waals surface area contributed by atoms with E-state index in [-0.39, 0.29) is 0 Å². The van der Waals surface area contributed by atoms with Gasteiger partial charge < -0.3 is 4.90 Å². The zero-order valence-electron chi connectivity index (χ0n) is 33.6. The van der Waals surface area contributed by atoms with Gasteiger partial charge in [0.2, 0.25) is 0 Å². The summed E-state index contributed by atoms with van der Waals surface area (Å²) in [6.07, 6.45) is 0. The standard InChI is InChI=1S/C60H41N/c1-2-16-46(17-3-1)53-29-14-22-48-23-15-31-57(60(48)53)56-27-9-11-33-59(56)61(58-32-10-8-26-55(58)54-30-13-21-45-19-5-7-25-52(45)54)49-40-38-43(39-41-49)42-34-36-47(37-35-42)51-28-12-20-44-18-4-6-24-50(44)51/h1-41H. The van der Waals surface area contributed by atoms with Crippen LogP contribution in [0.2, 0.25) is 0 Å². The van der Waals surface area contributed by atoms with Gasteiger partial charge in [0.1, 0.15) is 0 Å². The number of benzene rings is 11. The van der Waals surface area contributed by atoms with Crippen LogP contribution < -0.4 is 4.90 Å². The molecule has 286 valence electrons. The molecule has 0 saturated carbocycles. The second-order valence-corrected chi connectivity index (χ2v) is 15.6. The molecule has 0 aliphatic carbocycles. The third-order valence-corrected chi connectivity index (χ3v) is 12.1. The first-order valence-electron chi connectivity index (χ1n) is 21.0. The minimum Gasteiger partial charge on any atom is -0.309 e. The second-order valence-electron chi connectivity index (χ2n) is 15.6. The third-order valence-electron chi connectivity index (χ3n) is 12.1. The fraction of sp³-hybridized carbons (Fsp3) is 0. The van der Waals surface area contributed by atoms with Crippen molar-refractivity contribution in [2.75, 3.05) is 4.90 Å². The van der Waals surface area contributed by atoms with E-state index in [4.69, 9.17) is 0 Å². The summed E-state index contributed by atoms with van der Waals surface area (Å²) in [6.45, 7) is 0. The summed E-state index contributed by atoms with van der Waals surface area (Å²) in [6, 6.07) is 90.5. The van der Waals surface area contributed by atoms with Crippen LogP contribution in [0.3, 0.4) is 0 Å². The Morgan fingerprint density at radius 3 is 1.25 bits per heavy atom. The van der Waals surface area contributed by atoms with Gasteiger partial charge in [0, 0.05) is 16.8 Å². The van der Waals surface area contributed by atoms with Gasteiger partial charge in [-0.25, -0.2) is 0 Å². The van der Waals surface area contributed by atoms with Gasteiger partial charge in [0.15, 0.2) is 0 Å². The van der Waals surface area contributed by atoms with E-state index >= 15 is 0 Å². The van der Waals surface area contributed by atoms with E-state index in [2.05, 4.69) is 254 Å². The summed E-state index contributed by atoms with van der Waals surface area (Å²) < 4.78 is 0. The summed E-state index contributed by atoms with van der Waals surface area (Å²) in [5.41, 5.74) is 15.3. The maximum Gasteiger partial charge on any atom is 0.0540 e. The van der Waals surface area contributed by atoms with Crippen molar-refractivity contribution >= 4 is 49.4 Å². The highest BCUT2D eigenvalue weighted by Crippen LogP contribution is 2.48. The van der Waals surface area contributed by atoms with E-state index < -0.39 is 0 Å². The molecule has 0 aliphatic rings. The molecular formula is C60H41N. The van der Waals surface area contributed by atoms with Crippen LogP contribution in [0, 0.1) is 0 Å². The van der Waals surface area contributed by atoms with Crippen LogP contribution in [0.4, 0.5) is 17.1 Å². The van der Waals surface area contributed by atoms with Gasteiger partial charge in [-0.2, -0.15) is 0 Å². The lowest BCUT2D eigenvalue weighted by Crippen LogP contribution is -2.12. The predicted molar refractivity (Wildman–Crippen MR) is 261 cm³/mol. The zero-order valence-corrected chi connectivity index (χ0v) is 33.6. The van der Waals surface area contributed by atoms with E-state index in [0.29, 0.717) is 0 Å². The summed E-state index contributed by atoms with van der Waals surface area (Å²) >= 11 is 0. The van der Waals surface area contributed by atoms with Crippen LogP contribution in [0.15, 0.2) is 249 Å². The Kier molecular flexibility index (Phi) is 9.26. The molecule has 0 N–H and O–H groups in total. The molecule has 0 aliphatic heterocycles. The number of fused-ring (bicyclic) bond motifs is 3. The van der Waals surface area contributed by atoms with Gasteiger partial charge in [-0.3, -0.25) is 0 Å². The molecule has 11 aromatic rings. The topological polar surface area (TPSA) is 3.24 Å². The van der Waals surface area contributed by atoms with Crippen molar-refractivity contribution in [3.63, 3.8) is 0 Å². The molecule has 1 nitrogen and oxygen atoms in total. The van der Waals surface area contributed by atoms with Crippen molar-refractivity contribution in [2.45, 2.75) is 0 Å². The highest BCUT2D eigenvalue weighted by molar-refractivity contribution is 6.10. The molecule has 1 heteroatoms. The monoisotopic (exact) mass is 775 g/mol. The Labute approximate surface area is 357 Å². The van der Waals surface area contributed by atoms with E-state index in [1.807, 2.05) is 0 Å². The van der Waals surface area contributed by atoms with Crippen molar-refractivity contribution in [1.29, 1.82) is 0 Å². The van der Waals surface area contributed by atoms with E-state index in [0.717, 1.165) is 22.6 Å². The fourth-order valence-electron chi connectivity index (χ4n) is 9.21. The smallest absolute Gasteiger partial charge is 0.0540 e. The SMILES string of the molecule is c1ccc(-c2cccc3cccc(-c4ccccc4N(c4ccc(-c5ccc(-c6cccc7ccccc67)cc5)cc4)c4ccccc4-c4cccc5ccccc45)c23)cc1. The Bertz CT molecular complexity index is 3330. The van der Waals surface area contributed by atoms with Gasteiger partial charge in [0.25, 0.3) is 0 Å². The molecule has 11 rings (SSSR count). The molecule has 61 heavy (non-hydrogen) atoms. The number of para-hydroxylation sites is 2. The predicted octanol–water partition coefficient (Wildman–Crippen LogP) is 17.0. The molecule has 0 radical (unpaired) electrons. The maximum atomic E-state index is 2.46. The minimum atomic E-state index is 1.08. The summed E-state index contributed by atoms with van der Waals surface area (Å²) in [7, 11) is 0. The quantitative estimate of drug-likeness (QED) is 0.149. The Hall–Kier alpha value is -8.00. The van der Waals surface area contributed by atoms with Crippen LogP contribution in [-0.4, -0.2) is 0 Å². The van der Waals surface area contributed by atoms with Crippen molar-refractivity contribution in [3.8, 4) is 55.6 Å². The van der Waals surface area contributed by atoms with E-state index in [1.54, 1.807) is 0 Å². The Morgan fingerprint density at radius 2 is 0.607 bits per heavy atom. The summed E-state index contributed by atoms with van der Waals surface area (Å²) in [5, 5.41) is 7.44. The number of hydrogen-bond acceptors (Lipinski definition) is 1. The van der Waals surface area contributed by atoms with Gasteiger partial charge in [0.05, 0.1) is 11.4 Å². The molecule has 0 fully saturated rings. The number of hydrogen-bond donors (Lipinski definition) is 0. The lowest BCUT2D eigenvalue weighted by atomic mass is 9.90. The number of nitrogens with zero attached hydrogens (tertiary/aromatic N) is 1. The van der Waals surface area contributed by atoms with Crippen LogP contribution in [0.5, 0.6) is 0 Å². The maximum absolute atomic E-state index is 2.46. The number of anilines is 3. The molecule has 0 aromatic heterocycles. The molecule has 0 amide bonds. The molecule has 0 heterocycles. The van der Waals surface area contributed by atoms with Crippen molar-refractivity contribution in [3.05, 3.63) is 249 Å². The van der Waals surface area contributed by atoms with Gasteiger partial charge in [-0.1, -0.05) is 224 Å². The fourth-order valence-corrected chi connectivity index (χ4v) is 9.21. The molecular weight excluding hydrogens is 735 g/mol. The van der Waals surface area contributed by atoms with Crippen molar-refractivity contribution in [2.24, 2.45) is 0 Å². The van der Waals surface area contributed by atoms with Gasteiger partial charge in [-0.05, 0) is 101 Å². The van der Waals surface area contributed by atoms with Crippen LogP contribution in [-0.2, 0) is 0 Å². The highest BCUT2D eigenvalue weighted by Gasteiger charge is 2.22.